The summed E-state index contributed by atoms with van der Waals surface area (Å²) < 4.78 is 11.9. The zero-order valence-corrected chi connectivity index (χ0v) is 18.8. The smallest absolute Gasteiger partial charge is 0.316 e. The van der Waals surface area contributed by atoms with Crippen LogP contribution in [-0.2, 0) is 14.3 Å². The standard InChI is InChI=1S/C25H33N3O4/c29-23(26-22-11-16-31-27-22)18-28-14-9-19(10-15-28)21(17-28)32-24(30)25(20-7-3-4-8-20)12-5-1-2-6-13-25/h3-4,7,11,16,19,21H,1-2,5-6,8-10,12-15,17-18H2/p+1/t19?,21-,28?/m0/s1. The van der Waals surface area contributed by atoms with Crippen molar-refractivity contribution in [3.63, 3.8) is 0 Å². The van der Waals surface area contributed by atoms with E-state index in [4.69, 9.17) is 9.26 Å². The first-order chi connectivity index (χ1) is 15.6. The van der Waals surface area contributed by atoms with Crippen molar-refractivity contribution in [2.45, 2.75) is 63.9 Å². The van der Waals surface area contributed by atoms with E-state index in [9.17, 15) is 9.59 Å². The van der Waals surface area contributed by atoms with E-state index in [1.54, 1.807) is 6.07 Å². The van der Waals surface area contributed by atoms with E-state index in [2.05, 4.69) is 28.7 Å². The van der Waals surface area contributed by atoms with Gasteiger partial charge in [0.25, 0.3) is 5.91 Å². The van der Waals surface area contributed by atoms with Crippen molar-refractivity contribution in [3.8, 4) is 0 Å². The van der Waals surface area contributed by atoms with Crippen molar-refractivity contribution in [2.75, 3.05) is 31.5 Å². The van der Waals surface area contributed by atoms with Gasteiger partial charge in [0.2, 0.25) is 0 Å². The quantitative estimate of drug-likeness (QED) is 0.411. The fourth-order valence-corrected chi connectivity index (χ4v) is 6.38. The molecule has 1 atom stereocenters. The zero-order chi connectivity index (χ0) is 22.0. The number of anilines is 1. The summed E-state index contributed by atoms with van der Waals surface area (Å²) in [5.74, 6) is 0.776. The normalized spacial score (nSPS) is 31.1. The Kier molecular flexibility index (Phi) is 5.93. The van der Waals surface area contributed by atoms with Gasteiger partial charge in [-0.05, 0) is 24.8 Å². The van der Waals surface area contributed by atoms with Crippen molar-refractivity contribution in [2.24, 2.45) is 11.3 Å². The second kappa shape index (κ2) is 8.85. The van der Waals surface area contributed by atoms with Gasteiger partial charge in [-0.2, -0.15) is 0 Å². The molecule has 1 aromatic heterocycles. The maximum absolute atomic E-state index is 13.7. The molecule has 4 heterocycles. The third-order valence-corrected chi connectivity index (χ3v) is 8.22. The number of carbonyl (C=O) groups is 2. The molecule has 1 saturated carbocycles. The van der Waals surface area contributed by atoms with E-state index in [0.29, 0.717) is 22.8 Å². The number of nitrogens with one attached hydrogen (secondary N) is 1. The number of esters is 1. The van der Waals surface area contributed by atoms with E-state index in [-0.39, 0.29) is 18.0 Å². The van der Waals surface area contributed by atoms with E-state index >= 15 is 0 Å². The molecule has 0 spiro atoms. The molecule has 2 aliphatic carbocycles. The van der Waals surface area contributed by atoms with Crippen LogP contribution in [0.4, 0.5) is 5.82 Å². The highest BCUT2D eigenvalue weighted by atomic mass is 16.5. The summed E-state index contributed by atoms with van der Waals surface area (Å²) in [6.07, 6.45) is 17.0. The Labute approximate surface area is 189 Å². The molecule has 3 aliphatic heterocycles. The highest BCUT2D eigenvalue weighted by Crippen LogP contribution is 2.46. The van der Waals surface area contributed by atoms with E-state index in [1.807, 2.05) is 0 Å². The number of quaternary nitrogens is 1. The van der Waals surface area contributed by atoms with E-state index < -0.39 is 5.41 Å². The zero-order valence-electron chi connectivity index (χ0n) is 18.8. The van der Waals surface area contributed by atoms with Gasteiger partial charge in [-0.1, -0.05) is 49.1 Å². The number of hydrogen-bond acceptors (Lipinski definition) is 5. The van der Waals surface area contributed by atoms with Gasteiger partial charge in [0.1, 0.15) is 12.8 Å². The molecule has 2 bridgehead atoms. The molecule has 0 radical (unpaired) electrons. The second-order valence-electron chi connectivity index (χ2n) is 10.2. The molecular formula is C25H34N3O4+. The van der Waals surface area contributed by atoms with Gasteiger partial charge in [-0.15, -0.1) is 0 Å². The van der Waals surface area contributed by atoms with Gasteiger partial charge in [-0.25, -0.2) is 0 Å². The molecule has 7 heteroatoms. The molecule has 6 rings (SSSR count). The summed E-state index contributed by atoms with van der Waals surface area (Å²) in [5, 5.41) is 6.59. The van der Waals surface area contributed by atoms with Gasteiger partial charge in [-0.3, -0.25) is 9.59 Å². The summed E-state index contributed by atoms with van der Waals surface area (Å²) >= 11 is 0. The van der Waals surface area contributed by atoms with Gasteiger partial charge in [0.05, 0.1) is 18.5 Å². The lowest BCUT2D eigenvalue weighted by atomic mass is 9.73. The molecule has 1 aromatic rings. The van der Waals surface area contributed by atoms with Crippen LogP contribution in [0, 0.1) is 11.3 Å². The number of carbonyl (C=O) groups excluding carboxylic acids is 2. The molecule has 3 saturated heterocycles. The van der Waals surface area contributed by atoms with E-state index in [1.165, 1.54) is 24.7 Å². The number of ether oxygens (including phenoxy) is 1. The largest absolute Gasteiger partial charge is 0.455 e. The lowest BCUT2D eigenvalue weighted by molar-refractivity contribution is -0.939. The molecule has 1 amide bonds. The van der Waals surface area contributed by atoms with Crippen LogP contribution in [0.25, 0.3) is 0 Å². The van der Waals surface area contributed by atoms with Crippen molar-refractivity contribution in [1.29, 1.82) is 0 Å². The summed E-state index contributed by atoms with van der Waals surface area (Å²) in [4.78, 5) is 26.4. The van der Waals surface area contributed by atoms with Crippen LogP contribution in [0.15, 0.2) is 40.7 Å². The van der Waals surface area contributed by atoms with Crippen molar-refractivity contribution in [3.05, 3.63) is 36.1 Å². The number of fused-ring (bicyclic) bond motifs is 3. The van der Waals surface area contributed by atoms with Crippen molar-refractivity contribution in [1.82, 2.24) is 5.16 Å². The number of amides is 1. The maximum atomic E-state index is 13.7. The van der Waals surface area contributed by atoms with Crippen LogP contribution < -0.4 is 5.32 Å². The van der Waals surface area contributed by atoms with Crippen LogP contribution in [0.1, 0.15) is 57.8 Å². The fraction of sp³-hybridized carbons (Fsp3) is 0.640. The van der Waals surface area contributed by atoms with Crippen LogP contribution in [0.3, 0.4) is 0 Å². The Bertz CT molecular complexity index is 888. The van der Waals surface area contributed by atoms with Crippen LogP contribution in [-0.4, -0.2) is 53.8 Å². The molecule has 7 nitrogen and oxygen atoms in total. The number of nitrogens with zero attached hydrogens (tertiary/aromatic N) is 2. The summed E-state index contributed by atoms with van der Waals surface area (Å²) in [6, 6.07) is 1.64. The van der Waals surface area contributed by atoms with Crippen LogP contribution in [0.2, 0.25) is 0 Å². The molecule has 32 heavy (non-hydrogen) atoms. The summed E-state index contributed by atoms with van der Waals surface area (Å²) in [7, 11) is 0. The predicted octanol–water partition coefficient (Wildman–Crippen LogP) is 3.99. The molecular weight excluding hydrogens is 406 g/mol. The predicted molar refractivity (Wildman–Crippen MR) is 119 cm³/mol. The van der Waals surface area contributed by atoms with Crippen molar-refractivity contribution < 1.29 is 23.3 Å². The number of piperidine rings is 3. The topological polar surface area (TPSA) is 81.4 Å². The van der Waals surface area contributed by atoms with Gasteiger partial charge in [0, 0.05) is 24.8 Å². The van der Waals surface area contributed by atoms with E-state index in [0.717, 1.165) is 64.6 Å². The summed E-state index contributed by atoms with van der Waals surface area (Å²) in [6.45, 7) is 3.04. The minimum absolute atomic E-state index is 0.0155. The Morgan fingerprint density at radius 3 is 2.62 bits per heavy atom. The average molecular weight is 441 g/mol. The Morgan fingerprint density at radius 2 is 1.97 bits per heavy atom. The first-order valence-electron chi connectivity index (χ1n) is 12.2. The van der Waals surface area contributed by atoms with Crippen LogP contribution in [0.5, 0.6) is 0 Å². The monoisotopic (exact) mass is 440 g/mol. The first kappa shape index (κ1) is 21.4. The first-order valence-corrected chi connectivity index (χ1v) is 12.2. The lowest BCUT2D eigenvalue weighted by Crippen LogP contribution is -2.66. The summed E-state index contributed by atoms with van der Waals surface area (Å²) in [5.41, 5.74) is 0.780. The highest BCUT2D eigenvalue weighted by molar-refractivity contribution is 5.90. The molecule has 172 valence electrons. The number of aromatic nitrogens is 1. The third-order valence-electron chi connectivity index (χ3n) is 8.22. The fourth-order valence-electron chi connectivity index (χ4n) is 6.38. The lowest BCUT2D eigenvalue weighted by Gasteiger charge is -2.52. The number of hydrogen-bond donors (Lipinski definition) is 1. The minimum Gasteiger partial charge on any atom is -0.455 e. The minimum atomic E-state index is -0.457. The third kappa shape index (κ3) is 4.15. The molecule has 1 N–H and O–H groups in total. The highest BCUT2D eigenvalue weighted by Gasteiger charge is 2.51. The molecule has 5 aliphatic rings. The Hall–Kier alpha value is -2.41. The maximum Gasteiger partial charge on any atom is 0.316 e. The van der Waals surface area contributed by atoms with Gasteiger partial charge < -0.3 is 19.1 Å². The number of rotatable bonds is 6. The van der Waals surface area contributed by atoms with Crippen molar-refractivity contribution >= 4 is 17.7 Å². The van der Waals surface area contributed by atoms with Gasteiger partial charge in [0.15, 0.2) is 18.5 Å². The SMILES string of the molecule is O=C(C[N+]12CCC(CC1)[C@@H](OC(=O)C1(C3=CC=CC3)CCCCCC1)C2)Nc1ccon1. The van der Waals surface area contributed by atoms with Crippen LogP contribution >= 0.6 is 0 Å². The molecule has 4 fully saturated rings. The average Bonchev–Trinajstić information content (AvgIpc) is 3.45. The van der Waals surface area contributed by atoms with Gasteiger partial charge >= 0.3 is 5.97 Å². The Morgan fingerprint density at radius 1 is 1.19 bits per heavy atom. The second-order valence-corrected chi connectivity index (χ2v) is 10.2. The number of allylic oxidation sites excluding steroid dienone is 3. The molecule has 0 aromatic carbocycles. The Balaban J connectivity index is 1.28. The molecule has 0 unspecified atom stereocenters.